The molecule has 0 unspecified atom stereocenters. The molecule has 0 aliphatic carbocycles. The van der Waals surface area contributed by atoms with Gasteiger partial charge in [0.2, 0.25) is 0 Å². The molecule has 0 spiro atoms. The van der Waals surface area contributed by atoms with Gasteiger partial charge in [-0.15, -0.1) is 0 Å². The summed E-state index contributed by atoms with van der Waals surface area (Å²) >= 11 is 5.86. The van der Waals surface area contributed by atoms with Crippen molar-refractivity contribution in [2.45, 2.75) is 0 Å². The average molecular weight is 265 g/mol. The Morgan fingerprint density at radius 3 is 2.50 bits per heavy atom. The van der Waals surface area contributed by atoms with Crippen molar-refractivity contribution in [3.63, 3.8) is 0 Å². The number of ether oxygens (including phenoxy) is 1. The maximum Gasteiger partial charge on any atom is 0.301 e. The molecule has 1 aromatic rings. The SMILES string of the molecule is COc1ccc(Cl)c(NS(=O)(=O)N(C)C)c1. The highest BCUT2D eigenvalue weighted by molar-refractivity contribution is 7.90. The summed E-state index contributed by atoms with van der Waals surface area (Å²) in [7, 11) is 0.792. The topological polar surface area (TPSA) is 58.6 Å². The third-order valence-corrected chi connectivity index (χ3v) is 3.66. The molecule has 16 heavy (non-hydrogen) atoms. The second kappa shape index (κ2) is 4.90. The summed E-state index contributed by atoms with van der Waals surface area (Å²) in [6, 6.07) is 4.73. The molecule has 0 amide bonds. The second-order valence-corrected chi connectivity index (χ2v) is 5.53. The number of benzene rings is 1. The molecule has 7 heteroatoms. The Hall–Kier alpha value is -0.980. The molecule has 90 valence electrons. The van der Waals surface area contributed by atoms with E-state index < -0.39 is 10.2 Å². The van der Waals surface area contributed by atoms with Crippen LogP contribution in [0.5, 0.6) is 5.75 Å². The van der Waals surface area contributed by atoms with E-state index in [2.05, 4.69) is 4.72 Å². The number of methoxy groups -OCH3 is 1. The van der Waals surface area contributed by atoms with Crippen LogP contribution in [0.4, 0.5) is 5.69 Å². The van der Waals surface area contributed by atoms with Crippen LogP contribution < -0.4 is 9.46 Å². The van der Waals surface area contributed by atoms with E-state index in [1.54, 1.807) is 12.1 Å². The second-order valence-electron chi connectivity index (χ2n) is 3.24. The monoisotopic (exact) mass is 264 g/mol. The summed E-state index contributed by atoms with van der Waals surface area (Å²) < 4.78 is 31.5. The molecule has 0 aliphatic heterocycles. The summed E-state index contributed by atoms with van der Waals surface area (Å²) in [5.74, 6) is 0.529. The fourth-order valence-electron chi connectivity index (χ4n) is 0.940. The first-order valence-corrected chi connectivity index (χ1v) is 6.22. The van der Waals surface area contributed by atoms with E-state index >= 15 is 0 Å². The Kier molecular flexibility index (Phi) is 4.01. The Morgan fingerprint density at radius 1 is 1.38 bits per heavy atom. The van der Waals surface area contributed by atoms with Gasteiger partial charge < -0.3 is 4.74 Å². The smallest absolute Gasteiger partial charge is 0.301 e. The lowest BCUT2D eigenvalue weighted by atomic mass is 10.3. The van der Waals surface area contributed by atoms with Crippen LogP contribution in [0.3, 0.4) is 0 Å². The number of nitrogens with zero attached hydrogens (tertiary/aromatic N) is 1. The fourth-order valence-corrected chi connectivity index (χ4v) is 1.79. The number of anilines is 1. The molecule has 0 aliphatic rings. The highest BCUT2D eigenvalue weighted by Gasteiger charge is 2.15. The molecule has 0 fully saturated rings. The molecule has 1 rings (SSSR count). The Balaban J connectivity index is 3.06. The predicted octanol–water partition coefficient (Wildman–Crippen LogP) is 1.57. The van der Waals surface area contributed by atoms with Gasteiger partial charge in [-0.3, -0.25) is 4.72 Å². The molecule has 0 heterocycles. The van der Waals surface area contributed by atoms with Gasteiger partial charge in [-0.1, -0.05) is 11.6 Å². The predicted molar refractivity (Wildman–Crippen MR) is 64.2 cm³/mol. The summed E-state index contributed by atoms with van der Waals surface area (Å²) in [6.07, 6.45) is 0. The lowest BCUT2D eigenvalue weighted by Gasteiger charge is -2.14. The third kappa shape index (κ3) is 3.01. The molecule has 1 N–H and O–H groups in total. The first-order chi connectivity index (χ1) is 7.36. The minimum absolute atomic E-state index is 0.287. The van der Waals surface area contributed by atoms with Crippen molar-refractivity contribution in [3.8, 4) is 5.75 Å². The lowest BCUT2D eigenvalue weighted by Crippen LogP contribution is -2.29. The van der Waals surface area contributed by atoms with Crippen molar-refractivity contribution < 1.29 is 13.2 Å². The van der Waals surface area contributed by atoms with Crippen LogP contribution >= 0.6 is 11.6 Å². The highest BCUT2D eigenvalue weighted by Crippen LogP contribution is 2.27. The molecule has 0 aromatic heterocycles. The van der Waals surface area contributed by atoms with Crippen LogP contribution in [0.1, 0.15) is 0 Å². The molecule has 1 aromatic carbocycles. The van der Waals surface area contributed by atoms with Crippen LogP contribution in [-0.2, 0) is 10.2 Å². The van der Waals surface area contributed by atoms with E-state index in [1.807, 2.05) is 0 Å². The van der Waals surface area contributed by atoms with Crippen LogP contribution in [-0.4, -0.2) is 33.9 Å². The number of hydrogen-bond donors (Lipinski definition) is 1. The van der Waals surface area contributed by atoms with E-state index in [-0.39, 0.29) is 5.69 Å². The standard InChI is InChI=1S/C9H13ClN2O3S/c1-12(2)16(13,14)11-9-6-7(15-3)4-5-8(9)10/h4-6,11H,1-3H3. The van der Waals surface area contributed by atoms with Gasteiger partial charge in [0.1, 0.15) is 5.75 Å². The number of rotatable bonds is 4. The van der Waals surface area contributed by atoms with Gasteiger partial charge in [-0.25, -0.2) is 0 Å². The van der Waals surface area contributed by atoms with E-state index in [0.29, 0.717) is 10.8 Å². The Morgan fingerprint density at radius 2 is 2.00 bits per heavy atom. The third-order valence-electron chi connectivity index (χ3n) is 1.89. The Labute approximate surface area is 100 Å². The van der Waals surface area contributed by atoms with E-state index in [1.165, 1.54) is 27.3 Å². The summed E-state index contributed by atoms with van der Waals surface area (Å²) in [5, 5.41) is 0.311. The largest absolute Gasteiger partial charge is 0.497 e. The summed E-state index contributed by atoms with van der Waals surface area (Å²) in [5.41, 5.74) is 0.287. The van der Waals surface area contributed by atoms with Crippen molar-refractivity contribution in [3.05, 3.63) is 23.2 Å². The zero-order chi connectivity index (χ0) is 12.3. The molecular weight excluding hydrogens is 252 g/mol. The maximum atomic E-state index is 11.6. The molecule has 0 radical (unpaired) electrons. The number of hydrogen-bond acceptors (Lipinski definition) is 3. The van der Waals surface area contributed by atoms with Crippen molar-refractivity contribution in [1.29, 1.82) is 0 Å². The minimum atomic E-state index is -3.56. The average Bonchev–Trinajstić information content (AvgIpc) is 2.21. The first-order valence-electron chi connectivity index (χ1n) is 4.40. The molecule has 0 saturated heterocycles. The number of halogens is 1. The van der Waals surface area contributed by atoms with Gasteiger partial charge in [0, 0.05) is 20.2 Å². The van der Waals surface area contributed by atoms with Gasteiger partial charge in [-0.05, 0) is 12.1 Å². The fraction of sp³-hybridized carbons (Fsp3) is 0.333. The Bertz CT molecular complexity index is 474. The summed E-state index contributed by atoms with van der Waals surface area (Å²) in [6.45, 7) is 0. The van der Waals surface area contributed by atoms with Crippen LogP contribution in [0, 0.1) is 0 Å². The van der Waals surface area contributed by atoms with Crippen molar-refractivity contribution in [1.82, 2.24) is 4.31 Å². The molecule has 0 atom stereocenters. The van der Waals surface area contributed by atoms with Crippen molar-refractivity contribution in [2.75, 3.05) is 25.9 Å². The molecule has 5 nitrogen and oxygen atoms in total. The van der Waals surface area contributed by atoms with E-state index in [4.69, 9.17) is 16.3 Å². The van der Waals surface area contributed by atoms with Crippen molar-refractivity contribution >= 4 is 27.5 Å². The number of nitrogens with one attached hydrogen (secondary N) is 1. The first kappa shape index (κ1) is 13.1. The van der Waals surface area contributed by atoms with Gasteiger partial charge in [-0.2, -0.15) is 12.7 Å². The van der Waals surface area contributed by atoms with Gasteiger partial charge in [0.05, 0.1) is 17.8 Å². The zero-order valence-electron chi connectivity index (χ0n) is 9.19. The normalized spacial score (nSPS) is 11.6. The molecule has 0 bridgehead atoms. The summed E-state index contributed by atoms with van der Waals surface area (Å²) in [4.78, 5) is 0. The molecule has 0 saturated carbocycles. The van der Waals surface area contributed by atoms with E-state index in [0.717, 1.165) is 4.31 Å². The van der Waals surface area contributed by atoms with Gasteiger partial charge >= 0.3 is 10.2 Å². The molecular formula is C9H13ClN2O3S. The lowest BCUT2D eigenvalue weighted by molar-refractivity contribution is 0.415. The van der Waals surface area contributed by atoms with E-state index in [9.17, 15) is 8.42 Å². The van der Waals surface area contributed by atoms with Crippen molar-refractivity contribution in [2.24, 2.45) is 0 Å². The van der Waals surface area contributed by atoms with Gasteiger partial charge in [0.15, 0.2) is 0 Å². The van der Waals surface area contributed by atoms with Crippen LogP contribution in [0.25, 0.3) is 0 Å². The maximum absolute atomic E-state index is 11.6. The quantitative estimate of drug-likeness (QED) is 0.898. The highest BCUT2D eigenvalue weighted by atomic mass is 35.5. The van der Waals surface area contributed by atoms with Crippen LogP contribution in [0.15, 0.2) is 18.2 Å². The minimum Gasteiger partial charge on any atom is -0.497 e. The zero-order valence-corrected chi connectivity index (χ0v) is 10.8. The van der Waals surface area contributed by atoms with Gasteiger partial charge in [0.25, 0.3) is 0 Å². The van der Waals surface area contributed by atoms with Crippen LogP contribution in [0.2, 0.25) is 5.02 Å².